The van der Waals surface area contributed by atoms with E-state index in [1.165, 1.54) is 11.1 Å². The van der Waals surface area contributed by atoms with Gasteiger partial charge in [-0.15, -0.1) is 0 Å². The molecule has 4 atom stereocenters. The molecule has 0 aromatic heterocycles. The lowest BCUT2D eigenvalue weighted by Crippen LogP contribution is -2.23. The third-order valence-electron chi connectivity index (χ3n) is 7.53. The van der Waals surface area contributed by atoms with Crippen LogP contribution in [-0.4, -0.2) is 56.4 Å². The predicted molar refractivity (Wildman–Crippen MR) is 147 cm³/mol. The van der Waals surface area contributed by atoms with E-state index < -0.39 is 24.3 Å². The number of carboxylic acid groups (broad SMARTS) is 1. The Balaban J connectivity index is 2.31. The molecule has 2 rings (SSSR count). The number of rotatable bonds is 15. The van der Waals surface area contributed by atoms with Crippen LogP contribution < -0.4 is 0 Å². The van der Waals surface area contributed by atoms with Gasteiger partial charge in [0.15, 0.2) is 0 Å². The average molecular weight is 517 g/mol. The Labute approximate surface area is 222 Å². The van der Waals surface area contributed by atoms with Crippen LogP contribution in [-0.2, 0) is 17.6 Å². The van der Waals surface area contributed by atoms with Gasteiger partial charge in [0, 0.05) is 6.42 Å². The number of hydrogen-bond donors (Lipinski definition) is 5. The second kappa shape index (κ2) is 17.5. The van der Waals surface area contributed by atoms with Gasteiger partial charge in [-0.05, 0) is 74.0 Å². The Morgan fingerprint density at radius 3 is 2.43 bits per heavy atom. The van der Waals surface area contributed by atoms with E-state index in [-0.39, 0.29) is 13.0 Å². The summed E-state index contributed by atoms with van der Waals surface area (Å²) in [6, 6.07) is 8.52. The lowest BCUT2D eigenvalue weighted by molar-refractivity contribution is -0.137. The van der Waals surface area contributed by atoms with Crippen molar-refractivity contribution in [2.24, 2.45) is 5.92 Å². The highest BCUT2D eigenvalue weighted by atomic mass is 16.4. The molecule has 0 fully saturated rings. The zero-order chi connectivity index (χ0) is 27.0. The SMILES string of the molecule is CCCC[C@H](O)[C@H](O)/C=C/C1=C(\C[C@H](O)CO)C[C@H](CCCCCC(=O)O)CCc2ccccc2CC1. The number of unbranched alkanes of at least 4 members (excludes halogenated alkanes) is 3. The second-order valence-electron chi connectivity index (χ2n) is 10.6. The maximum atomic E-state index is 10.9. The molecule has 0 amide bonds. The van der Waals surface area contributed by atoms with E-state index in [2.05, 4.69) is 31.2 Å². The summed E-state index contributed by atoms with van der Waals surface area (Å²) in [4.78, 5) is 10.9. The second-order valence-corrected chi connectivity index (χ2v) is 10.6. The minimum Gasteiger partial charge on any atom is -0.481 e. The fourth-order valence-electron chi connectivity index (χ4n) is 5.26. The van der Waals surface area contributed by atoms with E-state index in [0.29, 0.717) is 25.2 Å². The number of allylic oxidation sites excluding steroid dienone is 2. The largest absolute Gasteiger partial charge is 0.481 e. The molecule has 6 heteroatoms. The van der Waals surface area contributed by atoms with Gasteiger partial charge in [-0.2, -0.15) is 0 Å². The third-order valence-corrected chi connectivity index (χ3v) is 7.53. The number of aliphatic hydroxyl groups is 4. The molecule has 1 aliphatic rings. The van der Waals surface area contributed by atoms with Crippen molar-refractivity contribution in [1.29, 1.82) is 0 Å². The maximum Gasteiger partial charge on any atom is 0.303 e. The van der Waals surface area contributed by atoms with Crippen LogP contribution in [0.5, 0.6) is 0 Å². The van der Waals surface area contributed by atoms with Crippen LogP contribution >= 0.6 is 0 Å². The van der Waals surface area contributed by atoms with Crippen molar-refractivity contribution in [3.63, 3.8) is 0 Å². The summed E-state index contributed by atoms with van der Waals surface area (Å²) in [7, 11) is 0. The molecule has 1 aliphatic carbocycles. The Kier molecular flexibility index (Phi) is 14.8. The predicted octanol–water partition coefficient (Wildman–Crippen LogP) is 5.11. The highest BCUT2D eigenvalue weighted by Crippen LogP contribution is 2.32. The molecule has 0 saturated carbocycles. The van der Waals surface area contributed by atoms with Gasteiger partial charge in [-0.25, -0.2) is 0 Å². The normalized spacial score (nSPS) is 21.4. The molecule has 0 aliphatic heterocycles. The van der Waals surface area contributed by atoms with Crippen LogP contribution in [0.3, 0.4) is 0 Å². The summed E-state index contributed by atoms with van der Waals surface area (Å²) in [5.74, 6) is -0.378. The van der Waals surface area contributed by atoms with Crippen LogP contribution in [0, 0.1) is 5.92 Å². The van der Waals surface area contributed by atoms with Crippen LogP contribution in [0.25, 0.3) is 0 Å². The monoisotopic (exact) mass is 516 g/mol. The van der Waals surface area contributed by atoms with E-state index >= 15 is 0 Å². The van der Waals surface area contributed by atoms with Crippen LogP contribution in [0.15, 0.2) is 47.6 Å². The number of benzene rings is 1. The first kappa shape index (κ1) is 31.2. The van der Waals surface area contributed by atoms with Gasteiger partial charge in [0.25, 0.3) is 0 Å². The summed E-state index contributed by atoms with van der Waals surface area (Å²) in [6.07, 6.45) is 11.8. The minimum absolute atomic E-state index is 0.202. The molecule has 0 unspecified atom stereocenters. The Morgan fingerprint density at radius 1 is 1.03 bits per heavy atom. The molecule has 0 bridgehead atoms. The molecule has 0 saturated heterocycles. The minimum atomic E-state index is -0.948. The lowest BCUT2D eigenvalue weighted by Gasteiger charge is -2.25. The van der Waals surface area contributed by atoms with E-state index in [0.717, 1.165) is 75.4 Å². The van der Waals surface area contributed by atoms with E-state index in [1.807, 2.05) is 6.08 Å². The lowest BCUT2D eigenvalue weighted by atomic mass is 9.81. The molecule has 0 radical (unpaired) electrons. The fraction of sp³-hybridized carbons (Fsp3) is 0.645. The smallest absolute Gasteiger partial charge is 0.303 e. The number of carbonyl (C=O) groups is 1. The van der Waals surface area contributed by atoms with Crippen molar-refractivity contribution in [3.05, 3.63) is 58.7 Å². The first-order valence-corrected chi connectivity index (χ1v) is 14.2. The molecule has 6 nitrogen and oxygen atoms in total. The molecule has 1 aromatic rings. The molecule has 5 N–H and O–H groups in total. The van der Waals surface area contributed by atoms with Gasteiger partial charge in [0.2, 0.25) is 0 Å². The number of hydrogen-bond acceptors (Lipinski definition) is 5. The molecule has 0 spiro atoms. The third kappa shape index (κ3) is 11.9. The van der Waals surface area contributed by atoms with Gasteiger partial charge in [-0.1, -0.05) is 81.0 Å². The van der Waals surface area contributed by atoms with E-state index in [1.54, 1.807) is 6.08 Å². The van der Waals surface area contributed by atoms with Crippen molar-refractivity contribution in [2.75, 3.05) is 6.61 Å². The van der Waals surface area contributed by atoms with Gasteiger partial charge in [-0.3, -0.25) is 4.79 Å². The number of aliphatic hydroxyl groups excluding tert-OH is 4. The first-order valence-electron chi connectivity index (χ1n) is 14.2. The standard InChI is InChI=1S/C31H48O6/c1-2-3-12-29(34)30(35)19-18-26-17-16-25-11-8-7-10-24(25)15-14-23(9-5-4-6-13-31(36)37)20-27(26)21-28(33)22-32/h7-8,10-11,18-19,23,28-30,32-35H,2-6,9,12-17,20-22H2,1H3,(H,36,37)/b19-18+,27-26-/t23-,28+,29+,30-/m1/s1. The molecule has 1 aromatic carbocycles. The molecule has 37 heavy (non-hydrogen) atoms. The first-order chi connectivity index (χ1) is 17.8. The number of fused-ring (bicyclic) bond motifs is 1. The van der Waals surface area contributed by atoms with E-state index in [9.17, 15) is 25.2 Å². The van der Waals surface area contributed by atoms with Gasteiger partial charge >= 0.3 is 5.97 Å². The van der Waals surface area contributed by atoms with Gasteiger partial charge in [0.1, 0.15) is 0 Å². The summed E-state index contributed by atoms with van der Waals surface area (Å²) in [5, 5.41) is 49.7. The van der Waals surface area contributed by atoms with E-state index in [4.69, 9.17) is 5.11 Å². The van der Waals surface area contributed by atoms with Crippen molar-refractivity contribution in [1.82, 2.24) is 0 Å². The zero-order valence-corrected chi connectivity index (χ0v) is 22.5. The highest BCUT2D eigenvalue weighted by Gasteiger charge is 2.20. The Morgan fingerprint density at radius 2 is 1.76 bits per heavy atom. The van der Waals surface area contributed by atoms with Crippen molar-refractivity contribution < 1.29 is 30.3 Å². The van der Waals surface area contributed by atoms with Crippen molar-refractivity contribution >= 4 is 5.97 Å². The summed E-state index contributed by atoms with van der Waals surface area (Å²) >= 11 is 0. The van der Waals surface area contributed by atoms with Crippen molar-refractivity contribution in [2.45, 2.75) is 115 Å². The average Bonchev–Trinajstić information content (AvgIpc) is 2.89. The van der Waals surface area contributed by atoms with Crippen LogP contribution in [0.2, 0.25) is 0 Å². The number of carboxylic acids is 1. The number of aliphatic carboxylic acids is 1. The Bertz CT molecular complexity index is 861. The molecular weight excluding hydrogens is 468 g/mol. The van der Waals surface area contributed by atoms with Crippen LogP contribution in [0.4, 0.5) is 0 Å². The molecule has 208 valence electrons. The zero-order valence-electron chi connectivity index (χ0n) is 22.5. The van der Waals surface area contributed by atoms with Gasteiger partial charge < -0.3 is 25.5 Å². The topological polar surface area (TPSA) is 118 Å². The molecular formula is C31H48O6. The van der Waals surface area contributed by atoms with Crippen LogP contribution in [0.1, 0.15) is 95.1 Å². The quantitative estimate of drug-likeness (QED) is 0.207. The Hall–Kier alpha value is -1.99. The number of aryl methyl sites for hydroxylation is 2. The highest BCUT2D eigenvalue weighted by molar-refractivity contribution is 5.66. The van der Waals surface area contributed by atoms with Crippen molar-refractivity contribution in [3.8, 4) is 0 Å². The maximum absolute atomic E-state index is 10.9. The summed E-state index contributed by atoms with van der Waals surface area (Å²) in [6.45, 7) is 1.75. The fourth-order valence-corrected chi connectivity index (χ4v) is 5.26. The summed E-state index contributed by atoms with van der Waals surface area (Å²) < 4.78 is 0. The molecule has 0 heterocycles. The summed E-state index contributed by atoms with van der Waals surface area (Å²) in [5.41, 5.74) is 4.82. The van der Waals surface area contributed by atoms with Gasteiger partial charge in [0.05, 0.1) is 24.9 Å².